The van der Waals surface area contributed by atoms with Crippen molar-refractivity contribution in [3.8, 4) is 17.2 Å². The Bertz CT molecular complexity index is 936. The molecule has 0 aliphatic rings. The lowest BCUT2D eigenvalue weighted by molar-refractivity contribution is -0.137. The van der Waals surface area contributed by atoms with Gasteiger partial charge < -0.3 is 5.32 Å². The van der Waals surface area contributed by atoms with E-state index < -0.39 is 11.7 Å². The lowest BCUT2D eigenvalue weighted by Gasteiger charge is -2.13. The molecule has 0 unspecified atom stereocenters. The number of nitrogens with one attached hydrogen (secondary N) is 1. The molecule has 0 aromatic heterocycles. The molecule has 0 aliphatic carbocycles. The molecule has 2 aromatic rings. The summed E-state index contributed by atoms with van der Waals surface area (Å²) in [5.41, 5.74) is 2.82. The van der Waals surface area contributed by atoms with Gasteiger partial charge in [0.2, 0.25) is 5.91 Å². The summed E-state index contributed by atoms with van der Waals surface area (Å²) in [6.07, 6.45) is -1.90. The molecule has 0 aliphatic heterocycles. The van der Waals surface area contributed by atoms with E-state index >= 15 is 0 Å². The maximum atomic E-state index is 12.8. The lowest BCUT2D eigenvalue weighted by atomic mass is 9.92. The highest BCUT2D eigenvalue weighted by atomic mass is 19.4. The van der Waals surface area contributed by atoms with Crippen molar-refractivity contribution in [3.05, 3.63) is 64.2 Å². The van der Waals surface area contributed by atoms with Gasteiger partial charge in [0.15, 0.2) is 0 Å². The van der Waals surface area contributed by atoms with Crippen LogP contribution in [-0.4, -0.2) is 12.5 Å². The second-order valence-corrected chi connectivity index (χ2v) is 6.51. The van der Waals surface area contributed by atoms with E-state index in [2.05, 4.69) is 11.4 Å². The molecule has 0 spiro atoms. The third-order valence-electron chi connectivity index (χ3n) is 4.37. The molecule has 2 aromatic carbocycles. The minimum atomic E-state index is -4.40. The zero-order valence-corrected chi connectivity index (χ0v) is 15.9. The molecule has 1 N–H and O–H groups in total. The molecule has 0 atom stereocenters. The summed E-state index contributed by atoms with van der Waals surface area (Å²) in [7, 11) is 0. The Morgan fingerprint density at radius 3 is 2.39 bits per heavy atom. The highest BCUT2D eigenvalue weighted by Gasteiger charge is 2.30. The number of rotatable bonds is 5. The maximum Gasteiger partial charge on any atom is 0.416 e. The molecule has 0 saturated heterocycles. The Balaban J connectivity index is 2.49. The van der Waals surface area contributed by atoms with Gasteiger partial charge >= 0.3 is 6.18 Å². The fraction of sp³-hybridized carbons (Fsp3) is 0.273. The Morgan fingerprint density at radius 2 is 1.86 bits per heavy atom. The number of hydrogen-bond donors (Lipinski definition) is 1. The smallest absolute Gasteiger partial charge is 0.352 e. The summed E-state index contributed by atoms with van der Waals surface area (Å²) in [5, 5.41) is 12.1. The maximum absolute atomic E-state index is 12.8. The number of benzene rings is 2. The average Bonchev–Trinajstić information content (AvgIpc) is 2.66. The van der Waals surface area contributed by atoms with Gasteiger partial charge in [0, 0.05) is 12.1 Å². The van der Waals surface area contributed by atoms with Crippen molar-refractivity contribution in [3.63, 3.8) is 0 Å². The van der Waals surface area contributed by atoms with Gasteiger partial charge in [-0.2, -0.15) is 18.4 Å². The van der Waals surface area contributed by atoms with E-state index in [0.717, 1.165) is 24.1 Å². The predicted molar refractivity (Wildman–Crippen MR) is 103 cm³/mol. The van der Waals surface area contributed by atoms with Crippen molar-refractivity contribution < 1.29 is 18.0 Å². The van der Waals surface area contributed by atoms with Gasteiger partial charge in [-0.05, 0) is 72.9 Å². The molecule has 0 saturated carbocycles. The van der Waals surface area contributed by atoms with E-state index in [9.17, 15) is 23.2 Å². The Labute approximate surface area is 162 Å². The number of nitrogens with zero attached hydrogens (tertiary/aromatic N) is 1. The average molecular weight is 386 g/mol. The first kappa shape index (κ1) is 21.2. The summed E-state index contributed by atoms with van der Waals surface area (Å²) in [6, 6.07) is 10.2. The van der Waals surface area contributed by atoms with Crippen LogP contribution in [0.25, 0.3) is 17.2 Å². The molecular weight excluding hydrogens is 365 g/mol. The minimum Gasteiger partial charge on any atom is -0.352 e. The zero-order valence-electron chi connectivity index (χ0n) is 15.9. The Morgan fingerprint density at radius 1 is 1.21 bits per heavy atom. The largest absolute Gasteiger partial charge is 0.416 e. The fourth-order valence-corrected chi connectivity index (χ4v) is 2.77. The standard InChI is InChI=1S/C22H21F3N2O/c1-4-9-27-21(28)14(2)10-18-11-16(13-26)12-20(15(18)3)17-5-7-19(8-6-17)22(23,24)25/h5-8,10-12H,4,9H2,1-3H3,(H,27,28)/b14-10+. The van der Waals surface area contributed by atoms with Gasteiger partial charge in [-0.1, -0.05) is 19.1 Å². The Hall–Kier alpha value is -3.07. The molecular formula is C22H21F3N2O. The van der Waals surface area contributed by atoms with Crippen LogP contribution >= 0.6 is 0 Å². The molecule has 1 amide bonds. The van der Waals surface area contributed by atoms with Crippen LogP contribution in [0.5, 0.6) is 0 Å². The van der Waals surface area contributed by atoms with Gasteiger partial charge in [0.1, 0.15) is 0 Å². The molecule has 0 radical (unpaired) electrons. The number of alkyl halides is 3. The van der Waals surface area contributed by atoms with Gasteiger partial charge in [-0.15, -0.1) is 0 Å². The van der Waals surface area contributed by atoms with Gasteiger partial charge in [0.05, 0.1) is 17.2 Å². The first-order valence-corrected chi connectivity index (χ1v) is 8.86. The Kier molecular flexibility index (Phi) is 6.63. The second kappa shape index (κ2) is 8.75. The topological polar surface area (TPSA) is 52.9 Å². The quantitative estimate of drug-likeness (QED) is 0.692. The van der Waals surface area contributed by atoms with Crippen LogP contribution in [0.15, 0.2) is 42.0 Å². The molecule has 0 heterocycles. The summed E-state index contributed by atoms with van der Waals surface area (Å²) in [5.74, 6) is -0.195. The highest BCUT2D eigenvalue weighted by Crippen LogP contribution is 2.33. The van der Waals surface area contributed by atoms with Crippen LogP contribution in [0.2, 0.25) is 0 Å². The van der Waals surface area contributed by atoms with Crippen molar-refractivity contribution in [1.82, 2.24) is 5.32 Å². The van der Waals surface area contributed by atoms with Crippen LogP contribution < -0.4 is 5.32 Å². The molecule has 28 heavy (non-hydrogen) atoms. The molecule has 0 fully saturated rings. The van der Waals surface area contributed by atoms with E-state index in [0.29, 0.717) is 34.4 Å². The van der Waals surface area contributed by atoms with Crippen LogP contribution in [0.4, 0.5) is 13.2 Å². The van der Waals surface area contributed by atoms with E-state index in [1.807, 2.05) is 13.8 Å². The number of amides is 1. The van der Waals surface area contributed by atoms with Crippen molar-refractivity contribution in [2.45, 2.75) is 33.4 Å². The van der Waals surface area contributed by atoms with Crippen LogP contribution in [0.3, 0.4) is 0 Å². The van der Waals surface area contributed by atoms with E-state index in [1.54, 1.807) is 25.1 Å². The van der Waals surface area contributed by atoms with Gasteiger partial charge in [0.25, 0.3) is 0 Å². The van der Waals surface area contributed by atoms with Crippen LogP contribution in [0.1, 0.15) is 42.5 Å². The zero-order chi connectivity index (χ0) is 20.9. The van der Waals surface area contributed by atoms with Gasteiger partial charge in [-0.25, -0.2) is 0 Å². The molecule has 146 valence electrons. The van der Waals surface area contributed by atoms with Crippen molar-refractivity contribution in [1.29, 1.82) is 5.26 Å². The molecule has 0 bridgehead atoms. The van der Waals surface area contributed by atoms with Crippen molar-refractivity contribution in [2.75, 3.05) is 6.54 Å². The number of hydrogen-bond acceptors (Lipinski definition) is 2. The molecule has 2 rings (SSSR count). The SMILES string of the molecule is CCCNC(=O)/C(C)=C/c1cc(C#N)cc(-c2ccc(C(F)(F)F)cc2)c1C. The van der Waals surface area contributed by atoms with Crippen LogP contribution in [-0.2, 0) is 11.0 Å². The van der Waals surface area contributed by atoms with Crippen molar-refractivity contribution >= 4 is 12.0 Å². The minimum absolute atomic E-state index is 0.195. The summed E-state index contributed by atoms with van der Waals surface area (Å²) in [4.78, 5) is 12.1. The highest BCUT2D eigenvalue weighted by molar-refractivity contribution is 5.97. The first-order chi connectivity index (χ1) is 13.2. The lowest BCUT2D eigenvalue weighted by Crippen LogP contribution is -2.24. The monoisotopic (exact) mass is 386 g/mol. The first-order valence-electron chi connectivity index (χ1n) is 8.86. The second-order valence-electron chi connectivity index (χ2n) is 6.51. The van der Waals surface area contributed by atoms with Crippen molar-refractivity contribution in [2.24, 2.45) is 0 Å². The van der Waals surface area contributed by atoms with E-state index in [-0.39, 0.29) is 5.91 Å². The normalized spacial score (nSPS) is 11.8. The number of nitriles is 1. The number of carbonyl (C=O) groups is 1. The van der Waals surface area contributed by atoms with E-state index in [1.165, 1.54) is 12.1 Å². The summed E-state index contributed by atoms with van der Waals surface area (Å²) >= 11 is 0. The summed E-state index contributed by atoms with van der Waals surface area (Å²) < 4.78 is 38.4. The van der Waals surface area contributed by atoms with Gasteiger partial charge in [-0.3, -0.25) is 4.79 Å². The molecule has 3 nitrogen and oxygen atoms in total. The number of carbonyl (C=O) groups excluding carboxylic acids is 1. The predicted octanol–water partition coefficient (Wildman–Crippen LogP) is 5.48. The third kappa shape index (κ3) is 5.01. The van der Waals surface area contributed by atoms with E-state index in [4.69, 9.17) is 0 Å². The molecule has 6 heteroatoms. The van der Waals surface area contributed by atoms with Crippen LogP contribution in [0, 0.1) is 18.3 Å². The fourth-order valence-electron chi connectivity index (χ4n) is 2.77. The number of halogens is 3. The third-order valence-corrected chi connectivity index (χ3v) is 4.37. The summed E-state index contributed by atoms with van der Waals surface area (Å²) in [6.45, 7) is 6.02.